The molecule has 4 aromatic rings. The summed E-state index contributed by atoms with van der Waals surface area (Å²) in [7, 11) is 0. The van der Waals surface area contributed by atoms with Crippen molar-refractivity contribution in [3.63, 3.8) is 0 Å². The first-order valence-corrected chi connectivity index (χ1v) is 14.0. The van der Waals surface area contributed by atoms with Crippen molar-refractivity contribution in [2.24, 2.45) is 0 Å². The van der Waals surface area contributed by atoms with Crippen LogP contribution < -0.4 is 5.32 Å². The van der Waals surface area contributed by atoms with Crippen molar-refractivity contribution in [1.29, 1.82) is 0 Å². The molecular formula is C28H27N3O3S2. The van der Waals surface area contributed by atoms with E-state index in [1.54, 1.807) is 42.5 Å². The average molecular weight is 518 g/mol. The number of carbonyl (C=O) groups is 2. The molecule has 4 heterocycles. The monoisotopic (exact) mass is 517 g/mol. The Morgan fingerprint density at radius 1 is 1.08 bits per heavy atom. The second kappa shape index (κ2) is 9.59. The number of ether oxygens (including phenoxy) is 1. The number of nitrogens with one attached hydrogen (secondary N) is 1. The zero-order chi connectivity index (χ0) is 24.6. The summed E-state index contributed by atoms with van der Waals surface area (Å²) in [6.07, 6.45) is 6.73. The lowest BCUT2D eigenvalue weighted by Crippen LogP contribution is -2.37. The number of hydrogen-bond donors (Lipinski definition) is 1. The Bertz CT molecular complexity index is 1420. The fourth-order valence-electron chi connectivity index (χ4n) is 5.27. The van der Waals surface area contributed by atoms with Gasteiger partial charge in [-0.25, -0.2) is 9.59 Å². The van der Waals surface area contributed by atoms with Gasteiger partial charge in [-0.15, -0.1) is 22.7 Å². The molecule has 1 aromatic carbocycles. The maximum absolute atomic E-state index is 14.0. The van der Waals surface area contributed by atoms with Crippen LogP contribution in [0.3, 0.4) is 0 Å². The Labute approximate surface area is 218 Å². The molecule has 1 aliphatic heterocycles. The highest BCUT2D eigenvalue weighted by molar-refractivity contribution is 7.15. The molecule has 1 aliphatic carbocycles. The van der Waals surface area contributed by atoms with E-state index < -0.39 is 5.97 Å². The van der Waals surface area contributed by atoms with E-state index in [2.05, 4.69) is 39.7 Å². The lowest BCUT2D eigenvalue weighted by atomic mass is 9.95. The number of hydrogen-bond acceptors (Lipinski definition) is 5. The minimum atomic E-state index is -0.396. The molecule has 0 saturated heterocycles. The fraction of sp³-hybridized carbons (Fsp3) is 0.286. The molecule has 0 fully saturated rings. The molecular weight excluding hydrogens is 490 g/mol. The summed E-state index contributed by atoms with van der Waals surface area (Å²) in [6, 6.07) is 14.9. The summed E-state index contributed by atoms with van der Waals surface area (Å²) in [5.74, 6) is -0.396. The molecule has 1 unspecified atom stereocenters. The number of esters is 1. The topological polar surface area (TPSA) is 63.6 Å². The number of nitrogens with zero attached hydrogens (tertiary/aromatic N) is 2. The molecule has 36 heavy (non-hydrogen) atoms. The van der Waals surface area contributed by atoms with Gasteiger partial charge in [0.05, 0.1) is 24.4 Å². The number of fused-ring (bicyclic) bond motifs is 5. The van der Waals surface area contributed by atoms with Crippen molar-refractivity contribution >= 4 is 40.4 Å². The van der Waals surface area contributed by atoms with Crippen LogP contribution in [-0.2, 0) is 24.1 Å². The van der Waals surface area contributed by atoms with E-state index in [9.17, 15) is 9.59 Å². The van der Waals surface area contributed by atoms with E-state index >= 15 is 0 Å². The highest BCUT2D eigenvalue weighted by atomic mass is 32.1. The molecule has 2 aliphatic rings. The van der Waals surface area contributed by atoms with Crippen LogP contribution in [0.25, 0.3) is 5.00 Å². The summed E-state index contributed by atoms with van der Waals surface area (Å²) < 4.78 is 7.43. The quantitative estimate of drug-likeness (QED) is 0.303. The number of amides is 2. The lowest BCUT2D eigenvalue weighted by molar-refractivity contribution is 0.0526. The van der Waals surface area contributed by atoms with Crippen LogP contribution in [0.4, 0.5) is 10.5 Å². The Hall–Kier alpha value is -3.36. The van der Waals surface area contributed by atoms with Crippen LogP contribution in [0, 0.1) is 0 Å². The minimum Gasteiger partial charge on any atom is -0.462 e. The number of benzene rings is 1. The molecule has 0 bridgehead atoms. The number of carbonyl (C=O) groups excluding carboxylic acids is 2. The second-order valence-corrected chi connectivity index (χ2v) is 11.1. The number of aromatic nitrogens is 1. The number of anilines is 1. The van der Waals surface area contributed by atoms with Crippen LogP contribution in [0.1, 0.15) is 62.7 Å². The van der Waals surface area contributed by atoms with Crippen molar-refractivity contribution in [2.45, 2.75) is 45.2 Å². The van der Waals surface area contributed by atoms with E-state index in [1.165, 1.54) is 33.8 Å². The van der Waals surface area contributed by atoms with Crippen molar-refractivity contribution in [1.82, 2.24) is 9.47 Å². The summed E-state index contributed by atoms with van der Waals surface area (Å²) >= 11 is 3.54. The van der Waals surface area contributed by atoms with Gasteiger partial charge in [-0.05, 0) is 79.9 Å². The average Bonchev–Trinajstić information content (AvgIpc) is 3.64. The maximum Gasteiger partial charge on any atom is 0.338 e. The van der Waals surface area contributed by atoms with Gasteiger partial charge in [-0.1, -0.05) is 12.1 Å². The van der Waals surface area contributed by atoms with Gasteiger partial charge in [0.15, 0.2) is 0 Å². The molecule has 184 valence electrons. The van der Waals surface area contributed by atoms with Gasteiger partial charge >= 0.3 is 12.0 Å². The van der Waals surface area contributed by atoms with Crippen LogP contribution in [-0.4, -0.2) is 28.1 Å². The van der Waals surface area contributed by atoms with Crippen LogP contribution in [0.2, 0.25) is 0 Å². The second-order valence-electron chi connectivity index (χ2n) is 9.07. The standard InChI is InChI=1S/C28H27N3O3S2/c1-2-34-27(32)18-8-5-9-19(16-18)29-28(33)31-17-21-20-10-3-4-12-23(20)36-26(21)30-14-6-11-22(30)25(31)24-13-7-15-35-24/h5-9,11,13-16,25H,2-4,10,12,17H2,1H3,(H,29,33). The van der Waals surface area contributed by atoms with E-state index in [4.69, 9.17) is 4.74 Å². The summed E-state index contributed by atoms with van der Waals surface area (Å²) in [5, 5.41) is 6.37. The molecule has 1 atom stereocenters. The number of urea groups is 1. The Morgan fingerprint density at radius 3 is 2.81 bits per heavy atom. The number of rotatable bonds is 4. The van der Waals surface area contributed by atoms with Gasteiger partial charge in [0.25, 0.3) is 0 Å². The summed E-state index contributed by atoms with van der Waals surface area (Å²) in [6.45, 7) is 2.62. The van der Waals surface area contributed by atoms with Crippen molar-refractivity contribution < 1.29 is 14.3 Å². The van der Waals surface area contributed by atoms with Crippen molar-refractivity contribution in [2.75, 3.05) is 11.9 Å². The van der Waals surface area contributed by atoms with Crippen LogP contribution in [0.5, 0.6) is 0 Å². The Morgan fingerprint density at radius 2 is 1.97 bits per heavy atom. The Balaban J connectivity index is 1.41. The first-order chi connectivity index (χ1) is 17.6. The normalized spacial score (nSPS) is 16.5. The summed E-state index contributed by atoms with van der Waals surface area (Å²) in [5.41, 5.74) is 4.77. The minimum absolute atomic E-state index is 0.189. The molecule has 8 heteroatoms. The van der Waals surface area contributed by atoms with E-state index in [0.717, 1.165) is 23.4 Å². The van der Waals surface area contributed by atoms with E-state index in [-0.39, 0.29) is 12.1 Å². The predicted molar refractivity (Wildman–Crippen MR) is 143 cm³/mol. The molecule has 2 amide bonds. The number of aryl methyl sites for hydroxylation is 1. The van der Waals surface area contributed by atoms with E-state index in [1.807, 2.05) is 22.3 Å². The first-order valence-electron chi connectivity index (χ1n) is 12.3. The van der Waals surface area contributed by atoms with Gasteiger partial charge in [-0.3, -0.25) is 0 Å². The summed E-state index contributed by atoms with van der Waals surface area (Å²) in [4.78, 5) is 30.7. The van der Waals surface area contributed by atoms with E-state index in [0.29, 0.717) is 24.4 Å². The third kappa shape index (κ3) is 4.04. The lowest BCUT2D eigenvalue weighted by Gasteiger charge is -2.30. The molecule has 0 spiro atoms. The highest BCUT2D eigenvalue weighted by Crippen LogP contribution is 2.44. The zero-order valence-electron chi connectivity index (χ0n) is 20.0. The third-order valence-electron chi connectivity index (χ3n) is 6.88. The molecule has 6 nitrogen and oxygen atoms in total. The predicted octanol–water partition coefficient (Wildman–Crippen LogP) is 6.79. The van der Waals surface area contributed by atoms with Crippen molar-refractivity contribution in [3.05, 3.63) is 92.2 Å². The molecule has 1 N–H and O–H groups in total. The van der Waals surface area contributed by atoms with Gasteiger partial charge in [-0.2, -0.15) is 0 Å². The van der Waals surface area contributed by atoms with Gasteiger partial charge in [0.2, 0.25) is 0 Å². The zero-order valence-corrected chi connectivity index (χ0v) is 21.7. The van der Waals surface area contributed by atoms with Crippen LogP contribution >= 0.6 is 22.7 Å². The van der Waals surface area contributed by atoms with Crippen LogP contribution in [0.15, 0.2) is 60.1 Å². The van der Waals surface area contributed by atoms with Gasteiger partial charge in [0.1, 0.15) is 11.0 Å². The van der Waals surface area contributed by atoms with Gasteiger partial charge in [0, 0.05) is 27.2 Å². The largest absolute Gasteiger partial charge is 0.462 e. The third-order valence-corrected chi connectivity index (χ3v) is 9.14. The first kappa shape index (κ1) is 23.1. The SMILES string of the molecule is CCOC(=O)c1cccc(NC(=O)N2Cc3c(sc4c3CCCC4)-n3cccc3C2c2cccs2)c1. The molecule has 3 aromatic heterocycles. The fourth-order valence-corrected chi connectivity index (χ4v) is 7.52. The Kier molecular flexibility index (Phi) is 6.15. The number of thiophene rings is 2. The smallest absolute Gasteiger partial charge is 0.338 e. The van der Waals surface area contributed by atoms with Gasteiger partial charge < -0.3 is 19.5 Å². The highest BCUT2D eigenvalue weighted by Gasteiger charge is 2.36. The molecule has 0 saturated carbocycles. The maximum atomic E-state index is 14.0. The van der Waals surface area contributed by atoms with Crippen molar-refractivity contribution in [3.8, 4) is 5.00 Å². The molecule has 6 rings (SSSR count). The molecule has 0 radical (unpaired) electrons.